The fourth-order valence-corrected chi connectivity index (χ4v) is 3.16. The first-order valence-electron chi connectivity index (χ1n) is 8.89. The average Bonchev–Trinajstić information content (AvgIpc) is 3.21. The number of hydrogen-bond donors (Lipinski definition) is 1. The van der Waals surface area contributed by atoms with E-state index >= 15 is 0 Å². The number of carbonyl (C=O) groups excluding carboxylic acids is 1. The van der Waals surface area contributed by atoms with Gasteiger partial charge in [0.25, 0.3) is 0 Å². The zero-order valence-electron chi connectivity index (χ0n) is 15.0. The first kappa shape index (κ1) is 17.3. The third kappa shape index (κ3) is 3.85. The third-order valence-corrected chi connectivity index (χ3v) is 4.74. The summed E-state index contributed by atoms with van der Waals surface area (Å²) in [7, 11) is 0. The SMILES string of the molecule is C[C@H](C(=O)NCc1nc(-c2ncccn2)no1)N1CCc2ccccc2C1. The van der Waals surface area contributed by atoms with E-state index in [2.05, 4.69) is 48.5 Å². The van der Waals surface area contributed by atoms with Crippen LogP contribution in [0.1, 0.15) is 23.9 Å². The molecule has 138 valence electrons. The topological polar surface area (TPSA) is 97.0 Å². The number of hydrogen-bond acceptors (Lipinski definition) is 7. The molecule has 4 rings (SSSR count). The van der Waals surface area contributed by atoms with Crippen LogP contribution in [0.15, 0.2) is 47.2 Å². The van der Waals surface area contributed by atoms with Gasteiger partial charge in [0.1, 0.15) is 0 Å². The molecule has 1 aromatic carbocycles. The minimum Gasteiger partial charge on any atom is -0.346 e. The Morgan fingerprint density at radius 2 is 1.96 bits per heavy atom. The summed E-state index contributed by atoms with van der Waals surface area (Å²) in [5, 5.41) is 6.72. The summed E-state index contributed by atoms with van der Waals surface area (Å²) in [5.74, 6) is 0.951. The minimum absolute atomic E-state index is 0.0647. The fraction of sp³-hybridized carbons (Fsp3) is 0.316. The number of benzene rings is 1. The molecular formula is C19H20N6O2. The summed E-state index contributed by atoms with van der Waals surface area (Å²) in [6.07, 6.45) is 4.18. The highest BCUT2D eigenvalue weighted by atomic mass is 16.5. The molecule has 0 bridgehead atoms. The molecular weight excluding hydrogens is 344 g/mol. The molecule has 2 aromatic heterocycles. The molecule has 1 aliphatic heterocycles. The van der Waals surface area contributed by atoms with Crippen molar-refractivity contribution in [1.29, 1.82) is 0 Å². The van der Waals surface area contributed by atoms with Crippen LogP contribution < -0.4 is 5.32 Å². The number of nitrogens with one attached hydrogen (secondary N) is 1. The van der Waals surface area contributed by atoms with E-state index < -0.39 is 0 Å². The second-order valence-corrected chi connectivity index (χ2v) is 6.47. The van der Waals surface area contributed by atoms with E-state index in [0.29, 0.717) is 17.5 Å². The Hall–Kier alpha value is -3.13. The summed E-state index contributed by atoms with van der Waals surface area (Å²) in [5.41, 5.74) is 2.65. The number of amides is 1. The van der Waals surface area contributed by atoms with Gasteiger partial charge in [-0.2, -0.15) is 4.98 Å². The van der Waals surface area contributed by atoms with Crippen molar-refractivity contribution in [1.82, 2.24) is 30.3 Å². The zero-order chi connectivity index (χ0) is 18.6. The Morgan fingerprint density at radius 1 is 1.19 bits per heavy atom. The van der Waals surface area contributed by atoms with Gasteiger partial charge in [-0.25, -0.2) is 9.97 Å². The lowest BCUT2D eigenvalue weighted by Gasteiger charge is -2.32. The van der Waals surface area contributed by atoms with Crippen LogP contribution in [0.5, 0.6) is 0 Å². The van der Waals surface area contributed by atoms with Gasteiger partial charge in [-0.05, 0) is 30.5 Å². The van der Waals surface area contributed by atoms with Crippen molar-refractivity contribution in [3.63, 3.8) is 0 Å². The molecule has 0 unspecified atom stereocenters. The maximum atomic E-state index is 12.5. The Labute approximate surface area is 156 Å². The molecule has 0 saturated heterocycles. The predicted octanol–water partition coefficient (Wildman–Crippen LogP) is 1.59. The van der Waals surface area contributed by atoms with Crippen molar-refractivity contribution < 1.29 is 9.32 Å². The Bertz CT molecular complexity index is 927. The van der Waals surface area contributed by atoms with Gasteiger partial charge in [0.15, 0.2) is 0 Å². The van der Waals surface area contributed by atoms with Crippen LogP contribution in [0.2, 0.25) is 0 Å². The molecule has 3 aromatic rings. The number of carbonyl (C=O) groups is 1. The lowest BCUT2D eigenvalue weighted by atomic mass is 9.99. The van der Waals surface area contributed by atoms with Crippen LogP contribution in [0.25, 0.3) is 11.6 Å². The lowest BCUT2D eigenvalue weighted by molar-refractivity contribution is -0.126. The van der Waals surface area contributed by atoms with Crippen molar-refractivity contribution in [3.8, 4) is 11.6 Å². The molecule has 8 heteroatoms. The van der Waals surface area contributed by atoms with Gasteiger partial charge in [0, 0.05) is 25.5 Å². The maximum absolute atomic E-state index is 12.5. The van der Waals surface area contributed by atoms with E-state index in [4.69, 9.17) is 4.52 Å². The van der Waals surface area contributed by atoms with Crippen molar-refractivity contribution in [2.75, 3.05) is 6.54 Å². The van der Waals surface area contributed by atoms with Crippen molar-refractivity contribution in [2.45, 2.75) is 32.5 Å². The van der Waals surface area contributed by atoms with Gasteiger partial charge >= 0.3 is 0 Å². The smallest absolute Gasteiger partial charge is 0.246 e. The summed E-state index contributed by atoms with van der Waals surface area (Å²) in [6.45, 7) is 3.73. The molecule has 1 amide bonds. The van der Waals surface area contributed by atoms with Crippen LogP contribution in [-0.2, 0) is 24.3 Å². The Balaban J connectivity index is 1.34. The van der Waals surface area contributed by atoms with Crippen molar-refractivity contribution >= 4 is 5.91 Å². The first-order chi connectivity index (χ1) is 13.2. The van der Waals surface area contributed by atoms with Gasteiger partial charge in [0.2, 0.25) is 23.4 Å². The van der Waals surface area contributed by atoms with Gasteiger partial charge in [-0.15, -0.1) is 0 Å². The summed E-state index contributed by atoms with van der Waals surface area (Å²) < 4.78 is 5.17. The Kier molecular flexibility index (Phi) is 4.88. The van der Waals surface area contributed by atoms with Gasteiger partial charge < -0.3 is 9.84 Å². The monoisotopic (exact) mass is 364 g/mol. The maximum Gasteiger partial charge on any atom is 0.246 e. The van der Waals surface area contributed by atoms with Crippen LogP contribution in [-0.4, -0.2) is 43.5 Å². The molecule has 0 fully saturated rings. The highest BCUT2D eigenvalue weighted by molar-refractivity contribution is 5.81. The highest BCUT2D eigenvalue weighted by Crippen LogP contribution is 2.20. The van der Waals surface area contributed by atoms with E-state index in [1.807, 2.05) is 13.0 Å². The molecule has 8 nitrogen and oxygen atoms in total. The average molecular weight is 364 g/mol. The number of rotatable bonds is 5. The van der Waals surface area contributed by atoms with Crippen molar-refractivity contribution in [3.05, 3.63) is 59.7 Å². The summed E-state index contributed by atoms with van der Waals surface area (Å²) in [6, 6.07) is 9.85. The Morgan fingerprint density at radius 3 is 2.78 bits per heavy atom. The molecule has 1 N–H and O–H groups in total. The van der Waals surface area contributed by atoms with Crippen LogP contribution in [0, 0.1) is 0 Å². The molecule has 3 heterocycles. The standard InChI is InChI=1S/C19H20N6O2/c1-13(25-10-7-14-5-2-3-6-15(14)12-25)19(26)22-11-16-23-18(24-27-16)17-20-8-4-9-21-17/h2-6,8-9,13H,7,10-12H2,1H3,(H,22,26)/t13-/m1/s1. The van der Waals surface area contributed by atoms with Gasteiger partial charge in [-0.3, -0.25) is 9.69 Å². The first-order valence-corrected chi connectivity index (χ1v) is 8.89. The molecule has 1 atom stereocenters. The molecule has 27 heavy (non-hydrogen) atoms. The minimum atomic E-state index is -0.238. The van der Waals surface area contributed by atoms with E-state index in [-0.39, 0.29) is 18.5 Å². The third-order valence-electron chi connectivity index (χ3n) is 4.74. The second kappa shape index (κ2) is 7.63. The molecule has 1 aliphatic rings. The van der Waals surface area contributed by atoms with Gasteiger partial charge in [-0.1, -0.05) is 29.4 Å². The number of aromatic nitrogens is 4. The van der Waals surface area contributed by atoms with Crippen LogP contribution in [0.3, 0.4) is 0 Å². The molecule has 0 radical (unpaired) electrons. The van der Waals surface area contributed by atoms with E-state index in [9.17, 15) is 4.79 Å². The van der Waals surface area contributed by atoms with E-state index in [1.54, 1.807) is 18.5 Å². The lowest BCUT2D eigenvalue weighted by Crippen LogP contribution is -2.46. The fourth-order valence-electron chi connectivity index (χ4n) is 3.16. The summed E-state index contributed by atoms with van der Waals surface area (Å²) >= 11 is 0. The normalized spacial score (nSPS) is 15.1. The molecule has 0 aliphatic carbocycles. The number of nitrogens with zero attached hydrogens (tertiary/aromatic N) is 5. The van der Waals surface area contributed by atoms with Crippen LogP contribution >= 0.6 is 0 Å². The van der Waals surface area contributed by atoms with E-state index in [1.165, 1.54) is 11.1 Å². The molecule has 0 saturated carbocycles. The van der Waals surface area contributed by atoms with Crippen molar-refractivity contribution in [2.24, 2.45) is 0 Å². The quantitative estimate of drug-likeness (QED) is 0.734. The van der Waals surface area contributed by atoms with Crippen LogP contribution in [0.4, 0.5) is 0 Å². The number of fused-ring (bicyclic) bond motifs is 1. The largest absolute Gasteiger partial charge is 0.346 e. The van der Waals surface area contributed by atoms with Gasteiger partial charge in [0.05, 0.1) is 12.6 Å². The second-order valence-electron chi connectivity index (χ2n) is 6.47. The van der Waals surface area contributed by atoms with E-state index in [0.717, 1.165) is 19.5 Å². The molecule has 0 spiro atoms. The predicted molar refractivity (Wildman–Crippen MR) is 97.2 cm³/mol. The summed E-state index contributed by atoms with van der Waals surface area (Å²) in [4.78, 5) is 27.1. The highest BCUT2D eigenvalue weighted by Gasteiger charge is 2.25. The zero-order valence-corrected chi connectivity index (χ0v) is 15.0.